The van der Waals surface area contributed by atoms with Crippen molar-refractivity contribution in [3.8, 4) is 17.1 Å². The van der Waals surface area contributed by atoms with Gasteiger partial charge in [0, 0.05) is 21.3 Å². The molecule has 4 nitrogen and oxygen atoms in total. The minimum atomic E-state index is -0.292. The van der Waals surface area contributed by atoms with Crippen LogP contribution in [0, 0.1) is 0 Å². The molecule has 0 saturated heterocycles. The number of carbonyl (C=O) groups is 1. The molecule has 0 saturated carbocycles. The highest BCUT2D eigenvalue weighted by Gasteiger charge is 2.22. The van der Waals surface area contributed by atoms with Gasteiger partial charge in [0.05, 0.1) is 5.25 Å². The highest BCUT2D eigenvalue weighted by molar-refractivity contribution is 9.10. The van der Waals surface area contributed by atoms with Crippen molar-refractivity contribution in [3.05, 3.63) is 95.0 Å². The molecule has 0 aliphatic heterocycles. The predicted octanol–water partition coefficient (Wildman–Crippen LogP) is 6.06. The molecule has 0 aliphatic rings. The highest BCUT2D eigenvalue weighted by atomic mass is 79.9. The van der Waals surface area contributed by atoms with Crippen LogP contribution in [0.5, 0.6) is 0 Å². The number of hydrogen-bond donors (Lipinski definition) is 0. The van der Waals surface area contributed by atoms with Gasteiger partial charge in [0.2, 0.25) is 0 Å². The summed E-state index contributed by atoms with van der Waals surface area (Å²) in [6.07, 6.45) is 0. The van der Waals surface area contributed by atoms with Crippen molar-refractivity contribution in [1.29, 1.82) is 0 Å². The number of halogens is 1. The molecule has 0 aliphatic carbocycles. The summed E-state index contributed by atoms with van der Waals surface area (Å²) in [5.74, 6) is 0.807. The Morgan fingerprint density at radius 3 is 2.31 bits per heavy atom. The van der Waals surface area contributed by atoms with E-state index in [0.29, 0.717) is 10.7 Å². The first-order valence-electron chi connectivity index (χ1n) is 9.16. The smallest absolute Gasteiger partial charge is 0.196 e. The van der Waals surface area contributed by atoms with Crippen molar-refractivity contribution in [2.75, 3.05) is 0 Å². The fraction of sp³-hybridized carbons (Fsp3) is 0.0870. The van der Waals surface area contributed by atoms with E-state index in [1.54, 1.807) is 0 Å². The summed E-state index contributed by atoms with van der Waals surface area (Å²) in [5.41, 5.74) is 2.60. The van der Waals surface area contributed by atoms with Crippen LogP contribution in [0.4, 0.5) is 0 Å². The summed E-state index contributed by atoms with van der Waals surface area (Å²) in [7, 11) is 0. The maximum Gasteiger partial charge on any atom is 0.196 e. The number of nitrogens with zero attached hydrogens (tertiary/aromatic N) is 3. The summed E-state index contributed by atoms with van der Waals surface area (Å²) in [4.78, 5) is 12.8. The van der Waals surface area contributed by atoms with E-state index in [1.165, 1.54) is 11.8 Å². The zero-order valence-corrected chi connectivity index (χ0v) is 18.1. The lowest BCUT2D eigenvalue weighted by Gasteiger charge is -2.13. The topological polar surface area (TPSA) is 47.8 Å². The third kappa shape index (κ3) is 4.33. The molecule has 4 rings (SSSR count). The quantitative estimate of drug-likeness (QED) is 0.257. The second-order valence-electron chi connectivity index (χ2n) is 6.48. The fourth-order valence-corrected chi connectivity index (χ4v) is 4.36. The molecule has 0 amide bonds. The van der Waals surface area contributed by atoms with Crippen LogP contribution in [0.25, 0.3) is 17.1 Å². The van der Waals surface area contributed by atoms with E-state index in [2.05, 4.69) is 26.1 Å². The summed E-state index contributed by atoms with van der Waals surface area (Å²) in [5, 5.41) is 9.26. The van der Waals surface area contributed by atoms with Gasteiger partial charge in [0.15, 0.2) is 16.8 Å². The Morgan fingerprint density at radius 2 is 1.62 bits per heavy atom. The highest BCUT2D eigenvalue weighted by Crippen LogP contribution is 2.32. The van der Waals surface area contributed by atoms with Crippen molar-refractivity contribution in [3.63, 3.8) is 0 Å². The monoisotopic (exact) mass is 463 g/mol. The second-order valence-corrected chi connectivity index (χ2v) is 8.70. The van der Waals surface area contributed by atoms with Crippen LogP contribution < -0.4 is 0 Å². The minimum absolute atomic E-state index is 0.0715. The lowest BCUT2D eigenvalue weighted by Crippen LogP contribution is -2.14. The Balaban J connectivity index is 1.73. The van der Waals surface area contributed by atoms with Crippen LogP contribution in [-0.4, -0.2) is 25.8 Å². The molecular formula is C23H18BrN3OS. The maximum atomic E-state index is 12.8. The van der Waals surface area contributed by atoms with E-state index in [1.807, 2.05) is 96.4 Å². The zero-order chi connectivity index (χ0) is 20.2. The molecule has 3 aromatic carbocycles. The molecule has 1 aromatic heterocycles. The normalized spacial score (nSPS) is 11.9. The Morgan fingerprint density at radius 1 is 0.931 bits per heavy atom. The molecule has 29 heavy (non-hydrogen) atoms. The number of aromatic nitrogens is 3. The van der Waals surface area contributed by atoms with Gasteiger partial charge < -0.3 is 0 Å². The Labute approximate surface area is 182 Å². The first kappa shape index (κ1) is 19.6. The number of Topliss-reactive ketones (excluding diaryl/α,β-unsaturated/α-hetero) is 1. The molecule has 4 aromatic rings. The van der Waals surface area contributed by atoms with Crippen LogP contribution in [0.2, 0.25) is 0 Å². The number of benzene rings is 3. The van der Waals surface area contributed by atoms with Crippen LogP contribution >= 0.6 is 27.7 Å². The molecule has 0 N–H and O–H groups in total. The molecule has 1 heterocycles. The molecule has 144 valence electrons. The molecular weight excluding hydrogens is 446 g/mol. The number of carbonyl (C=O) groups excluding carboxylic acids is 1. The number of para-hydroxylation sites is 1. The zero-order valence-electron chi connectivity index (χ0n) is 15.7. The van der Waals surface area contributed by atoms with Crippen LogP contribution in [0.1, 0.15) is 17.3 Å². The van der Waals surface area contributed by atoms with Gasteiger partial charge >= 0.3 is 0 Å². The Hall–Kier alpha value is -2.70. The molecule has 1 unspecified atom stereocenters. The molecule has 0 bridgehead atoms. The van der Waals surface area contributed by atoms with Gasteiger partial charge in [-0.15, -0.1) is 10.2 Å². The first-order chi connectivity index (χ1) is 14.1. The van der Waals surface area contributed by atoms with Gasteiger partial charge in [0.1, 0.15) is 0 Å². The average Bonchev–Trinajstić information content (AvgIpc) is 3.18. The maximum absolute atomic E-state index is 12.8. The number of ketones is 1. The van der Waals surface area contributed by atoms with E-state index in [-0.39, 0.29) is 11.0 Å². The lowest BCUT2D eigenvalue weighted by atomic mass is 10.1. The number of rotatable bonds is 6. The second kappa shape index (κ2) is 8.76. The van der Waals surface area contributed by atoms with Crippen molar-refractivity contribution in [1.82, 2.24) is 14.8 Å². The summed E-state index contributed by atoms with van der Waals surface area (Å²) >= 11 is 4.94. The third-order valence-electron chi connectivity index (χ3n) is 4.44. The van der Waals surface area contributed by atoms with Crippen LogP contribution in [0.3, 0.4) is 0 Å². The Kier molecular flexibility index (Phi) is 5.92. The van der Waals surface area contributed by atoms with Gasteiger partial charge in [-0.3, -0.25) is 9.36 Å². The van der Waals surface area contributed by atoms with Gasteiger partial charge in [-0.2, -0.15) is 0 Å². The SMILES string of the molecule is CC(Sc1nnc(-c2cccc(Br)c2)n1-c1ccccc1)C(=O)c1ccccc1. The number of hydrogen-bond acceptors (Lipinski definition) is 4. The van der Waals surface area contributed by atoms with E-state index in [4.69, 9.17) is 0 Å². The van der Waals surface area contributed by atoms with E-state index in [9.17, 15) is 4.79 Å². The fourth-order valence-electron chi connectivity index (χ4n) is 3.02. The minimum Gasteiger partial charge on any atom is -0.293 e. The van der Waals surface area contributed by atoms with E-state index >= 15 is 0 Å². The van der Waals surface area contributed by atoms with Crippen molar-refractivity contribution in [2.45, 2.75) is 17.3 Å². The van der Waals surface area contributed by atoms with Gasteiger partial charge in [0.25, 0.3) is 0 Å². The van der Waals surface area contributed by atoms with Gasteiger partial charge in [-0.25, -0.2) is 0 Å². The molecule has 0 radical (unpaired) electrons. The molecule has 6 heteroatoms. The Bertz CT molecular complexity index is 1130. The first-order valence-corrected chi connectivity index (χ1v) is 10.8. The predicted molar refractivity (Wildman–Crippen MR) is 121 cm³/mol. The van der Waals surface area contributed by atoms with Crippen molar-refractivity contribution in [2.24, 2.45) is 0 Å². The van der Waals surface area contributed by atoms with Crippen LogP contribution in [0.15, 0.2) is 94.6 Å². The number of thioether (sulfide) groups is 1. The van der Waals surface area contributed by atoms with Crippen LogP contribution in [-0.2, 0) is 0 Å². The summed E-state index contributed by atoms with van der Waals surface area (Å²) in [6.45, 7) is 1.91. The summed E-state index contributed by atoms with van der Waals surface area (Å²) in [6, 6.07) is 27.3. The van der Waals surface area contributed by atoms with Gasteiger partial charge in [-0.1, -0.05) is 88.4 Å². The van der Waals surface area contributed by atoms with Crippen molar-refractivity contribution >= 4 is 33.5 Å². The average molecular weight is 464 g/mol. The standard InChI is InChI=1S/C23H18BrN3OS/c1-16(21(28)17-9-4-2-5-10-17)29-23-26-25-22(18-11-8-12-19(24)15-18)27(23)20-13-6-3-7-14-20/h2-16H,1H3. The summed E-state index contributed by atoms with van der Waals surface area (Å²) < 4.78 is 2.97. The van der Waals surface area contributed by atoms with Gasteiger partial charge in [-0.05, 0) is 31.2 Å². The van der Waals surface area contributed by atoms with Crippen molar-refractivity contribution < 1.29 is 4.79 Å². The molecule has 1 atom stereocenters. The van der Waals surface area contributed by atoms with E-state index < -0.39 is 0 Å². The third-order valence-corrected chi connectivity index (χ3v) is 5.98. The molecule has 0 spiro atoms. The molecule has 0 fully saturated rings. The lowest BCUT2D eigenvalue weighted by molar-refractivity contribution is 0.0994. The largest absolute Gasteiger partial charge is 0.293 e. The van der Waals surface area contributed by atoms with E-state index in [0.717, 1.165) is 21.5 Å².